The summed E-state index contributed by atoms with van der Waals surface area (Å²) in [4.78, 5) is 0. The minimum Gasteiger partial charge on any atom is -0.494 e. The predicted octanol–water partition coefficient (Wildman–Crippen LogP) is 1.67. The van der Waals surface area contributed by atoms with Crippen molar-refractivity contribution >= 4 is 0 Å². The third-order valence-electron chi connectivity index (χ3n) is 3.41. The Morgan fingerprint density at radius 1 is 1.53 bits per heavy atom. The van der Waals surface area contributed by atoms with Gasteiger partial charge in [0.05, 0.1) is 25.4 Å². The molecule has 1 aliphatic rings. The van der Waals surface area contributed by atoms with Crippen molar-refractivity contribution in [1.29, 1.82) is 0 Å². The molecule has 106 valence electrons. The van der Waals surface area contributed by atoms with Gasteiger partial charge in [-0.3, -0.25) is 0 Å². The van der Waals surface area contributed by atoms with Crippen molar-refractivity contribution in [3.8, 4) is 5.75 Å². The van der Waals surface area contributed by atoms with Crippen molar-refractivity contribution in [2.45, 2.75) is 31.9 Å². The van der Waals surface area contributed by atoms with Crippen molar-refractivity contribution < 1.29 is 14.6 Å². The molecule has 4 heteroatoms. The summed E-state index contributed by atoms with van der Waals surface area (Å²) >= 11 is 0. The van der Waals surface area contributed by atoms with Crippen LogP contribution in [0.3, 0.4) is 0 Å². The third-order valence-corrected chi connectivity index (χ3v) is 3.41. The first-order chi connectivity index (χ1) is 9.12. The lowest BCUT2D eigenvalue weighted by Gasteiger charge is -2.32. The van der Waals surface area contributed by atoms with Crippen molar-refractivity contribution in [1.82, 2.24) is 5.32 Å². The summed E-state index contributed by atoms with van der Waals surface area (Å²) in [6, 6.07) is 7.86. The molecule has 1 aliphatic heterocycles. The van der Waals surface area contributed by atoms with Gasteiger partial charge in [0.25, 0.3) is 0 Å². The normalized spacial score (nSPS) is 22.8. The van der Waals surface area contributed by atoms with Crippen LogP contribution in [0.15, 0.2) is 24.3 Å². The Kier molecular flexibility index (Phi) is 4.80. The highest BCUT2D eigenvalue weighted by atomic mass is 16.5. The van der Waals surface area contributed by atoms with Gasteiger partial charge in [-0.2, -0.15) is 0 Å². The summed E-state index contributed by atoms with van der Waals surface area (Å²) in [6.45, 7) is 6.67. The molecule has 1 heterocycles. The second-order valence-corrected chi connectivity index (χ2v) is 5.16. The van der Waals surface area contributed by atoms with E-state index in [-0.39, 0.29) is 6.04 Å². The number of rotatable bonds is 5. The van der Waals surface area contributed by atoms with Crippen LogP contribution in [0.1, 0.15) is 25.8 Å². The maximum Gasteiger partial charge on any atom is 0.119 e. The van der Waals surface area contributed by atoms with Crippen LogP contribution >= 0.6 is 0 Å². The van der Waals surface area contributed by atoms with E-state index in [0.29, 0.717) is 19.6 Å². The molecule has 2 unspecified atom stereocenters. The van der Waals surface area contributed by atoms with Crippen LogP contribution in [-0.2, 0) is 10.3 Å². The van der Waals surface area contributed by atoms with E-state index in [1.54, 1.807) is 0 Å². The molecule has 1 fully saturated rings. The topological polar surface area (TPSA) is 50.7 Å². The summed E-state index contributed by atoms with van der Waals surface area (Å²) in [6.07, 6.45) is 0.628. The molecule has 0 bridgehead atoms. The Labute approximate surface area is 114 Å². The highest BCUT2D eigenvalue weighted by Gasteiger charge is 2.28. The number of morpholine rings is 1. The SMILES string of the molecule is CCOc1cccc(C(C)(O)CC2COCCN2)c1. The lowest BCUT2D eigenvalue weighted by Crippen LogP contribution is -2.45. The minimum atomic E-state index is -0.883. The van der Waals surface area contributed by atoms with Gasteiger partial charge in [-0.25, -0.2) is 0 Å². The maximum absolute atomic E-state index is 10.7. The largest absolute Gasteiger partial charge is 0.494 e. The van der Waals surface area contributed by atoms with Gasteiger partial charge in [-0.15, -0.1) is 0 Å². The summed E-state index contributed by atoms with van der Waals surface area (Å²) < 4.78 is 10.9. The van der Waals surface area contributed by atoms with Gasteiger partial charge in [0.15, 0.2) is 0 Å². The van der Waals surface area contributed by atoms with Crippen LogP contribution in [0.25, 0.3) is 0 Å². The van der Waals surface area contributed by atoms with E-state index >= 15 is 0 Å². The Bertz CT molecular complexity index is 400. The lowest BCUT2D eigenvalue weighted by atomic mass is 9.89. The molecule has 1 saturated heterocycles. The van der Waals surface area contributed by atoms with Crippen molar-refractivity contribution in [3.63, 3.8) is 0 Å². The van der Waals surface area contributed by atoms with E-state index in [4.69, 9.17) is 9.47 Å². The molecule has 0 spiro atoms. The van der Waals surface area contributed by atoms with E-state index in [0.717, 1.165) is 24.5 Å². The molecule has 0 aromatic heterocycles. The van der Waals surface area contributed by atoms with Crippen LogP contribution in [0.5, 0.6) is 5.75 Å². The summed E-state index contributed by atoms with van der Waals surface area (Å²) in [5, 5.41) is 14.0. The molecule has 0 radical (unpaired) electrons. The number of nitrogens with one attached hydrogen (secondary N) is 1. The first kappa shape index (κ1) is 14.3. The van der Waals surface area contributed by atoms with Crippen LogP contribution in [0.2, 0.25) is 0 Å². The van der Waals surface area contributed by atoms with E-state index in [1.165, 1.54) is 0 Å². The number of benzene rings is 1. The van der Waals surface area contributed by atoms with E-state index in [2.05, 4.69) is 5.32 Å². The van der Waals surface area contributed by atoms with Crippen molar-refractivity contribution in [3.05, 3.63) is 29.8 Å². The fraction of sp³-hybridized carbons (Fsp3) is 0.600. The fourth-order valence-electron chi connectivity index (χ4n) is 2.44. The maximum atomic E-state index is 10.7. The zero-order valence-corrected chi connectivity index (χ0v) is 11.7. The summed E-state index contributed by atoms with van der Waals surface area (Å²) in [7, 11) is 0. The molecular formula is C15H23NO3. The first-order valence-corrected chi connectivity index (χ1v) is 6.88. The standard InChI is InChI=1S/C15H23NO3/c1-3-19-14-6-4-5-12(9-14)15(2,17)10-13-11-18-8-7-16-13/h4-6,9,13,16-17H,3,7-8,10-11H2,1-2H3. The summed E-state index contributed by atoms with van der Waals surface area (Å²) in [5.41, 5.74) is -0.00306. The highest BCUT2D eigenvalue weighted by Crippen LogP contribution is 2.29. The Hall–Kier alpha value is -1.10. The van der Waals surface area contributed by atoms with Crippen molar-refractivity contribution in [2.75, 3.05) is 26.4 Å². The number of hydrogen-bond acceptors (Lipinski definition) is 4. The molecule has 0 aliphatic carbocycles. The Morgan fingerprint density at radius 2 is 2.37 bits per heavy atom. The van der Waals surface area contributed by atoms with Crippen LogP contribution < -0.4 is 10.1 Å². The second kappa shape index (κ2) is 6.37. The van der Waals surface area contributed by atoms with Crippen LogP contribution in [0, 0.1) is 0 Å². The van der Waals surface area contributed by atoms with E-state index in [1.807, 2.05) is 38.1 Å². The van der Waals surface area contributed by atoms with Gasteiger partial charge in [0.2, 0.25) is 0 Å². The smallest absolute Gasteiger partial charge is 0.119 e. The van der Waals surface area contributed by atoms with Gasteiger partial charge in [0, 0.05) is 12.6 Å². The van der Waals surface area contributed by atoms with Gasteiger partial charge in [-0.05, 0) is 38.0 Å². The molecule has 1 aromatic rings. The van der Waals surface area contributed by atoms with Gasteiger partial charge < -0.3 is 19.9 Å². The monoisotopic (exact) mass is 265 g/mol. The molecule has 1 aromatic carbocycles. The third kappa shape index (κ3) is 3.93. The van der Waals surface area contributed by atoms with Gasteiger partial charge in [0.1, 0.15) is 5.75 Å². The molecule has 2 atom stereocenters. The first-order valence-electron chi connectivity index (χ1n) is 6.88. The molecule has 2 N–H and O–H groups in total. The quantitative estimate of drug-likeness (QED) is 0.850. The Morgan fingerprint density at radius 3 is 3.05 bits per heavy atom. The fourth-order valence-corrected chi connectivity index (χ4v) is 2.44. The predicted molar refractivity (Wildman–Crippen MR) is 74.4 cm³/mol. The zero-order chi connectivity index (χ0) is 13.7. The number of ether oxygens (including phenoxy) is 2. The van der Waals surface area contributed by atoms with Crippen LogP contribution in [0.4, 0.5) is 0 Å². The molecule has 4 nitrogen and oxygen atoms in total. The molecule has 2 rings (SSSR count). The van der Waals surface area contributed by atoms with Gasteiger partial charge in [-0.1, -0.05) is 12.1 Å². The highest BCUT2D eigenvalue weighted by molar-refractivity contribution is 5.32. The summed E-state index contributed by atoms with van der Waals surface area (Å²) in [5.74, 6) is 0.799. The van der Waals surface area contributed by atoms with Gasteiger partial charge >= 0.3 is 0 Å². The van der Waals surface area contributed by atoms with Crippen molar-refractivity contribution in [2.24, 2.45) is 0 Å². The number of aliphatic hydroxyl groups is 1. The van der Waals surface area contributed by atoms with Crippen LogP contribution in [-0.4, -0.2) is 37.5 Å². The molecular weight excluding hydrogens is 242 g/mol. The molecule has 19 heavy (non-hydrogen) atoms. The molecule has 0 saturated carbocycles. The lowest BCUT2D eigenvalue weighted by molar-refractivity contribution is 0.00309. The Balaban J connectivity index is 2.06. The minimum absolute atomic E-state index is 0.194. The molecule has 0 amide bonds. The van der Waals surface area contributed by atoms with E-state index < -0.39 is 5.60 Å². The second-order valence-electron chi connectivity index (χ2n) is 5.16. The number of hydrogen-bond donors (Lipinski definition) is 2. The van der Waals surface area contributed by atoms with E-state index in [9.17, 15) is 5.11 Å². The average Bonchev–Trinajstić information content (AvgIpc) is 2.40. The zero-order valence-electron chi connectivity index (χ0n) is 11.7. The average molecular weight is 265 g/mol.